The number of halogens is 1. The zero-order valence-electron chi connectivity index (χ0n) is 14.8. The Labute approximate surface area is 170 Å². The summed E-state index contributed by atoms with van der Waals surface area (Å²) in [7, 11) is 0. The molecular formula is C22H15BrN4O. The highest BCUT2D eigenvalue weighted by atomic mass is 79.9. The molecule has 0 saturated carbocycles. The molecule has 0 aliphatic rings. The van der Waals surface area contributed by atoms with E-state index in [-0.39, 0.29) is 0 Å². The molecular weight excluding hydrogens is 416 g/mol. The molecule has 6 heteroatoms. The van der Waals surface area contributed by atoms with Crippen LogP contribution in [0.25, 0.3) is 22.8 Å². The van der Waals surface area contributed by atoms with E-state index < -0.39 is 0 Å². The van der Waals surface area contributed by atoms with Crippen LogP contribution in [0, 0.1) is 11.3 Å². The highest BCUT2D eigenvalue weighted by Crippen LogP contribution is 2.22. The number of fused-ring (bicyclic) bond motifs is 1. The van der Waals surface area contributed by atoms with Crippen molar-refractivity contribution in [2.24, 2.45) is 0 Å². The molecule has 0 saturated heterocycles. The lowest BCUT2D eigenvalue weighted by molar-refractivity contribution is 0.306. The van der Waals surface area contributed by atoms with E-state index in [0.29, 0.717) is 23.7 Å². The Morgan fingerprint density at radius 1 is 1.14 bits per heavy atom. The normalized spacial score (nSPS) is 11.4. The second-order valence-corrected chi connectivity index (χ2v) is 7.04. The summed E-state index contributed by atoms with van der Waals surface area (Å²) in [6.45, 7) is 0.515. The van der Waals surface area contributed by atoms with Gasteiger partial charge in [-0.2, -0.15) is 5.26 Å². The van der Waals surface area contributed by atoms with Crippen molar-refractivity contribution in [3.63, 3.8) is 0 Å². The van der Waals surface area contributed by atoms with Crippen molar-refractivity contribution in [2.45, 2.75) is 6.61 Å². The first-order valence-corrected chi connectivity index (χ1v) is 9.41. The van der Waals surface area contributed by atoms with Crippen LogP contribution in [-0.2, 0) is 6.61 Å². The fourth-order valence-electron chi connectivity index (χ4n) is 2.72. The summed E-state index contributed by atoms with van der Waals surface area (Å²) in [6.07, 6.45) is 3.46. The van der Waals surface area contributed by atoms with Crippen molar-refractivity contribution in [2.75, 3.05) is 0 Å². The van der Waals surface area contributed by atoms with Crippen molar-refractivity contribution in [3.05, 3.63) is 88.3 Å². The third-order valence-corrected chi connectivity index (χ3v) is 4.55. The van der Waals surface area contributed by atoms with Gasteiger partial charge in [0.1, 0.15) is 18.4 Å². The minimum atomic E-state index is 0.437. The molecule has 0 atom stereocenters. The molecule has 0 spiro atoms. The predicted octanol–water partition coefficient (Wildman–Crippen LogP) is 5.36. The van der Waals surface area contributed by atoms with E-state index in [1.807, 2.05) is 60.7 Å². The number of nitriles is 1. The monoisotopic (exact) mass is 430 g/mol. The molecule has 0 fully saturated rings. The Morgan fingerprint density at radius 3 is 2.68 bits per heavy atom. The van der Waals surface area contributed by atoms with E-state index in [4.69, 9.17) is 4.74 Å². The Morgan fingerprint density at radius 2 is 1.93 bits per heavy atom. The smallest absolute Gasteiger partial charge is 0.178 e. The second kappa shape index (κ2) is 8.07. The lowest BCUT2D eigenvalue weighted by atomic mass is 10.1. The average molecular weight is 431 g/mol. The van der Waals surface area contributed by atoms with Crippen molar-refractivity contribution >= 4 is 38.7 Å². The Bertz CT molecular complexity index is 1170. The predicted molar refractivity (Wildman–Crippen MR) is 112 cm³/mol. The van der Waals surface area contributed by atoms with Crippen LogP contribution in [0.15, 0.2) is 71.3 Å². The van der Waals surface area contributed by atoms with Crippen molar-refractivity contribution in [3.8, 4) is 11.8 Å². The van der Waals surface area contributed by atoms with Gasteiger partial charge in [0.2, 0.25) is 0 Å². The summed E-state index contributed by atoms with van der Waals surface area (Å²) in [4.78, 5) is 11.8. The molecule has 4 rings (SSSR count). The fourth-order valence-corrected chi connectivity index (χ4v) is 3.05. The molecule has 0 unspecified atom stereocenters. The van der Waals surface area contributed by atoms with Crippen molar-refractivity contribution in [1.82, 2.24) is 15.0 Å². The van der Waals surface area contributed by atoms with Crippen molar-refractivity contribution in [1.29, 1.82) is 5.26 Å². The summed E-state index contributed by atoms with van der Waals surface area (Å²) in [6, 6.07) is 21.7. The van der Waals surface area contributed by atoms with Gasteiger partial charge < -0.3 is 9.72 Å². The number of nitrogens with one attached hydrogen (secondary N) is 1. The van der Waals surface area contributed by atoms with E-state index in [9.17, 15) is 5.26 Å². The lowest BCUT2D eigenvalue weighted by Gasteiger charge is -2.06. The van der Waals surface area contributed by atoms with Crippen LogP contribution >= 0.6 is 15.9 Å². The van der Waals surface area contributed by atoms with Gasteiger partial charge in [-0.05, 0) is 51.3 Å². The number of benzene rings is 2. The third kappa shape index (κ3) is 4.11. The number of imidazole rings is 1. The van der Waals surface area contributed by atoms with Crippen LogP contribution < -0.4 is 4.74 Å². The van der Waals surface area contributed by atoms with Crippen LogP contribution in [-0.4, -0.2) is 15.0 Å². The molecule has 0 bridgehead atoms. The van der Waals surface area contributed by atoms with Gasteiger partial charge in [-0.1, -0.05) is 42.5 Å². The minimum absolute atomic E-state index is 0.437. The van der Waals surface area contributed by atoms with Crippen LogP contribution in [0.5, 0.6) is 5.75 Å². The first-order valence-electron chi connectivity index (χ1n) is 8.61. The minimum Gasteiger partial charge on any atom is -0.489 e. The van der Waals surface area contributed by atoms with E-state index in [0.717, 1.165) is 26.9 Å². The Kier molecular flexibility index (Phi) is 5.18. The van der Waals surface area contributed by atoms with Crippen LogP contribution in [0.2, 0.25) is 0 Å². The largest absolute Gasteiger partial charge is 0.489 e. The van der Waals surface area contributed by atoms with Gasteiger partial charge in [0.25, 0.3) is 0 Å². The number of rotatable bonds is 5. The van der Waals surface area contributed by atoms with E-state index in [2.05, 4.69) is 37.0 Å². The van der Waals surface area contributed by atoms with Crippen LogP contribution in [0.3, 0.4) is 0 Å². The number of ether oxygens (including phenoxy) is 1. The number of aromatic nitrogens is 3. The topological polar surface area (TPSA) is 74.6 Å². The number of nitrogens with zero attached hydrogens (tertiary/aromatic N) is 3. The number of H-pyrrole nitrogens is 1. The lowest BCUT2D eigenvalue weighted by Crippen LogP contribution is -1.94. The van der Waals surface area contributed by atoms with E-state index in [1.165, 1.54) is 0 Å². The molecule has 28 heavy (non-hydrogen) atoms. The quantitative estimate of drug-likeness (QED) is 0.432. The van der Waals surface area contributed by atoms with Gasteiger partial charge in [0.05, 0.1) is 11.1 Å². The van der Waals surface area contributed by atoms with Gasteiger partial charge in [0.15, 0.2) is 11.5 Å². The number of aromatic amines is 1. The molecule has 136 valence electrons. The second-order valence-electron chi connectivity index (χ2n) is 6.12. The van der Waals surface area contributed by atoms with Gasteiger partial charge in [-0.15, -0.1) is 0 Å². The summed E-state index contributed by atoms with van der Waals surface area (Å²) in [5, 5.41) is 9.55. The maximum atomic E-state index is 9.55. The molecule has 2 heterocycles. The first-order chi connectivity index (χ1) is 13.7. The van der Waals surface area contributed by atoms with Gasteiger partial charge in [-0.3, -0.25) is 0 Å². The zero-order chi connectivity index (χ0) is 19.3. The molecule has 4 aromatic rings. The van der Waals surface area contributed by atoms with Gasteiger partial charge >= 0.3 is 0 Å². The molecule has 0 amide bonds. The van der Waals surface area contributed by atoms with Gasteiger partial charge in [-0.25, -0.2) is 9.97 Å². The summed E-state index contributed by atoms with van der Waals surface area (Å²) in [5.74, 6) is 1.27. The Balaban J connectivity index is 1.52. The molecule has 0 aliphatic heterocycles. The molecule has 1 N–H and O–H groups in total. The highest BCUT2D eigenvalue weighted by Gasteiger charge is 2.09. The maximum Gasteiger partial charge on any atom is 0.178 e. The molecule has 0 radical (unpaired) electrons. The van der Waals surface area contributed by atoms with E-state index >= 15 is 0 Å². The summed E-state index contributed by atoms with van der Waals surface area (Å²) < 4.78 is 6.65. The summed E-state index contributed by atoms with van der Waals surface area (Å²) in [5.41, 5.74) is 3.79. The third-order valence-electron chi connectivity index (χ3n) is 4.12. The average Bonchev–Trinajstić information content (AvgIpc) is 3.15. The van der Waals surface area contributed by atoms with Crippen LogP contribution in [0.4, 0.5) is 0 Å². The van der Waals surface area contributed by atoms with Gasteiger partial charge in [0, 0.05) is 10.7 Å². The van der Waals surface area contributed by atoms with Crippen molar-refractivity contribution < 1.29 is 4.74 Å². The first kappa shape index (κ1) is 18.0. The fraction of sp³-hybridized carbons (Fsp3) is 0.0455. The number of hydrogen-bond acceptors (Lipinski definition) is 4. The standard InChI is InChI=1S/C22H15BrN4O/c23-18-11-20-22(25-13-18)27-21(26-20)17(12-24)10-15-6-8-19(9-7-15)28-14-16-4-2-1-3-5-16/h1-11,13H,14H2,(H,25,26,27)/b17-10+. The molecule has 2 aromatic heterocycles. The van der Waals surface area contributed by atoms with E-state index in [1.54, 1.807) is 12.3 Å². The van der Waals surface area contributed by atoms with Crippen LogP contribution in [0.1, 0.15) is 17.0 Å². The Hall–Kier alpha value is -3.43. The highest BCUT2D eigenvalue weighted by molar-refractivity contribution is 9.10. The number of pyridine rings is 1. The SMILES string of the molecule is N#C/C(=C\c1ccc(OCc2ccccc2)cc1)c1nc2ncc(Br)cc2[nH]1. The molecule has 0 aliphatic carbocycles. The molecule has 5 nitrogen and oxygen atoms in total. The molecule has 2 aromatic carbocycles. The zero-order valence-corrected chi connectivity index (χ0v) is 16.3. The number of hydrogen-bond donors (Lipinski definition) is 1. The summed E-state index contributed by atoms with van der Waals surface area (Å²) >= 11 is 3.38. The maximum absolute atomic E-state index is 9.55. The number of allylic oxidation sites excluding steroid dienone is 1.